The molecule has 1 amide bonds. The Hall–Kier alpha value is -1.63. The fraction of sp³-hybridized carbons (Fsp3) is 0.462. The van der Waals surface area contributed by atoms with Crippen molar-refractivity contribution in [3.63, 3.8) is 0 Å². The van der Waals surface area contributed by atoms with Crippen molar-refractivity contribution < 1.29 is 14.4 Å². The van der Waals surface area contributed by atoms with Gasteiger partial charge in [-0.2, -0.15) is 5.90 Å². The first-order chi connectivity index (χ1) is 9.29. The first-order valence-corrected chi connectivity index (χ1v) is 6.34. The fourth-order valence-electron chi connectivity index (χ4n) is 1.94. The van der Waals surface area contributed by atoms with Crippen LogP contribution in [0.25, 0.3) is 0 Å². The van der Waals surface area contributed by atoms with Crippen LogP contribution in [-0.4, -0.2) is 50.2 Å². The number of hydrogen-bond acceptors (Lipinski definition) is 5. The molecule has 1 fully saturated rings. The molecule has 3 N–H and O–H groups in total. The second-order valence-electron chi connectivity index (χ2n) is 4.35. The first kappa shape index (κ1) is 13.8. The van der Waals surface area contributed by atoms with Crippen LogP contribution in [0.2, 0.25) is 0 Å². The monoisotopic (exact) mass is 265 g/mol. The van der Waals surface area contributed by atoms with E-state index < -0.39 is 0 Å². The summed E-state index contributed by atoms with van der Waals surface area (Å²) in [6.45, 7) is 4.88. The molecule has 0 radical (unpaired) electrons. The molecule has 0 unspecified atom stereocenters. The smallest absolute Gasteiger partial charge is 0.251 e. The van der Waals surface area contributed by atoms with Crippen LogP contribution in [0.4, 0.5) is 0 Å². The molecule has 0 atom stereocenters. The van der Waals surface area contributed by atoms with E-state index in [-0.39, 0.29) is 5.91 Å². The van der Waals surface area contributed by atoms with Crippen molar-refractivity contribution in [1.82, 2.24) is 10.2 Å². The van der Waals surface area contributed by atoms with E-state index in [2.05, 4.69) is 15.1 Å². The largest absolute Gasteiger partial charge is 0.412 e. The molecule has 1 saturated heterocycles. The maximum atomic E-state index is 11.9. The van der Waals surface area contributed by atoms with E-state index in [0.29, 0.717) is 17.9 Å². The van der Waals surface area contributed by atoms with Gasteiger partial charge in [0.1, 0.15) is 5.75 Å². The number of hydrogen-bond donors (Lipinski definition) is 2. The Morgan fingerprint density at radius 1 is 1.32 bits per heavy atom. The summed E-state index contributed by atoms with van der Waals surface area (Å²) in [5.74, 6) is 5.47. The predicted octanol–water partition coefficient (Wildman–Crippen LogP) is 0.00110. The zero-order chi connectivity index (χ0) is 13.5. The van der Waals surface area contributed by atoms with Crippen LogP contribution < -0.4 is 16.1 Å². The number of morpholine rings is 1. The second kappa shape index (κ2) is 7.08. The van der Waals surface area contributed by atoms with Gasteiger partial charge in [0.25, 0.3) is 5.91 Å². The molecule has 19 heavy (non-hydrogen) atoms. The highest BCUT2D eigenvalue weighted by Gasteiger charge is 2.10. The van der Waals surface area contributed by atoms with Gasteiger partial charge in [-0.1, -0.05) is 0 Å². The number of nitrogens with one attached hydrogen (secondary N) is 1. The molecule has 1 aliphatic heterocycles. The predicted molar refractivity (Wildman–Crippen MR) is 70.8 cm³/mol. The third-order valence-electron chi connectivity index (χ3n) is 3.07. The highest BCUT2D eigenvalue weighted by Crippen LogP contribution is 2.10. The molecule has 1 aromatic rings. The molecule has 0 bridgehead atoms. The molecule has 0 aliphatic carbocycles. The number of nitrogens with two attached hydrogens (primary N) is 1. The van der Waals surface area contributed by atoms with Crippen molar-refractivity contribution in [3.8, 4) is 5.75 Å². The van der Waals surface area contributed by atoms with Crippen molar-refractivity contribution in [3.05, 3.63) is 29.8 Å². The summed E-state index contributed by atoms with van der Waals surface area (Å²) in [6, 6.07) is 6.70. The molecule has 0 spiro atoms. The van der Waals surface area contributed by atoms with Crippen LogP contribution >= 0.6 is 0 Å². The van der Waals surface area contributed by atoms with Crippen LogP contribution in [0.15, 0.2) is 24.3 Å². The summed E-state index contributed by atoms with van der Waals surface area (Å²) >= 11 is 0. The maximum absolute atomic E-state index is 11.9. The van der Waals surface area contributed by atoms with E-state index in [1.165, 1.54) is 0 Å². The highest BCUT2D eigenvalue weighted by molar-refractivity contribution is 5.94. The zero-order valence-electron chi connectivity index (χ0n) is 10.8. The van der Waals surface area contributed by atoms with E-state index in [0.717, 1.165) is 32.8 Å². The van der Waals surface area contributed by atoms with E-state index in [9.17, 15) is 4.79 Å². The second-order valence-corrected chi connectivity index (χ2v) is 4.35. The summed E-state index contributed by atoms with van der Waals surface area (Å²) < 4.78 is 5.27. The Morgan fingerprint density at radius 2 is 2.00 bits per heavy atom. The van der Waals surface area contributed by atoms with Crippen molar-refractivity contribution in [2.75, 3.05) is 39.4 Å². The Labute approximate surface area is 112 Å². The standard InChI is InChI=1S/C13H19N3O3/c14-19-12-3-1-11(2-4-12)13(17)15-5-6-16-7-9-18-10-8-16/h1-4H,5-10,14H2,(H,15,17). The quantitative estimate of drug-likeness (QED) is 0.733. The van der Waals surface area contributed by atoms with Gasteiger partial charge < -0.3 is 14.9 Å². The fourth-order valence-corrected chi connectivity index (χ4v) is 1.94. The topological polar surface area (TPSA) is 76.8 Å². The summed E-state index contributed by atoms with van der Waals surface area (Å²) in [6.07, 6.45) is 0. The van der Waals surface area contributed by atoms with E-state index in [4.69, 9.17) is 10.6 Å². The van der Waals surface area contributed by atoms with Crippen LogP contribution in [0.1, 0.15) is 10.4 Å². The highest BCUT2D eigenvalue weighted by atomic mass is 16.6. The number of ether oxygens (including phenoxy) is 1. The molecule has 104 valence electrons. The molecule has 1 aromatic carbocycles. The zero-order valence-corrected chi connectivity index (χ0v) is 10.8. The van der Waals surface area contributed by atoms with Gasteiger partial charge in [0.05, 0.1) is 13.2 Å². The van der Waals surface area contributed by atoms with Crippen molar-refractivity contribution in [2.24, 2.45) is 5.90 Å². The van der Waals surface area contributed by atoms with Gasteiger partial charge in [-0.05, 0) is 24.3 Å². The molecule has 6 nitrogen and oxygen atoms in total. The summed E-state index contributed by atoms with van der Waals surface area (Å²) in [5, 5.41) is 2.89. The van der Waals surface area contributed by atoms with Gasteiger partial charge in [0.2, 0.25) is 0 Å². The van der Waals surface area contributed by atoms with Crippen LogP contribution in [-0.2, 0) is 4.74 Å². The van der Waals surface area contributed by atoms with Gasteiger partial charge >= 0.3 is 0 Å². The molecular weight excluding hydrogens is 246 g/mol. The van der Waals surface area contributed by atoms with Crippen molar-refractivity contribution in [1.29, 1.82) is 0 Å². The Bertz CT molecular complexity index is 402. The van der Waals surface area contributed by atoms with Crippen molar-refractivity contribution in [2.45, 2.75) is 0 Å². The number of rotatable bonds is 5. The molecule has 1 aliphatic rings. The van der Waals surface area contributed by atoms with E-state index in [1.807, 2.05) is 0 Å². The number of carbonyl (C=O) groups excluding carboxylic acids is 1. The molecule has 1 heterocycles. The SMILES string of the molecule is NOc1ccc(C(=O)NCCN2CCOCC2)cc1. The minimum Gasteiger partial charge on any atom is -0.412 e. The van der Waals surface area contributed by atoms with Crippen molar-refractivity contribution >= 4 is 5.91 Å². The van der Waals surface area contributed by atoms with E-state index in [1.54, 1.807) is 24.3 Å². The molecule has 0 aromatic heterocycles. The van der Waals surface area contributed by atoms with Gasteiger partial charge in [-0.25, -0.2) is 0 Å². The minimum absolute atomic E-state index is 0.0863. The molecular formula is C13H19N3O3. The number of carbonyl (C=O) groups is 1. The first-order valence-electron chi connectivity index (χ1n) is 6.34. The maximum Gasteiger partial charge on any atom is 0.251 e. The summed E-state index contributed by atoms with van der Waals surface area (Å²) in [4.78, 5) is 18.7. The third-order valence-corrected chi connectivity index (χ3v) is 3.07. The van der Waals surface area contributed by atoms with Crippen LogP contribution in [0, 0.1) is 0 Å². The van der Waals surface area contributed by atoms with E-state index >= 15 is 0 Å². The molecule has 6 heteroatoms. The van der Waals surface area contributed by atoms with Crippen LogP contribution in [0.5, 0.6) is 5.75 Å². The summed E-state index contributed by atoms with van der Waals surface area (Å²) in [5.41, 5.74) is 0.600. The lowest BCUT2D eigenvalue weighted by Crippen LogP contribution is -2.41. The Kier molecular flexibility index (Phi) is 5.14. The van der Waals surface area contributed by atoms with Gasteiger partial charge in [-0.3, -0.25) is 9.69 Å². The van der Waals surface area contributed by atoms with Gasteiger partial charge in [0.15, 0.2) is 0 Å². The number of amides is 1. The lowest BCUT2D eigenvalue weighted by Gasteiger charge is -2.26. The molecule has 2 rings (SSSR count). The lowest BCUT2D eigenvalue weighted by atomic mass is 10.2. The summed E-state index contributed by atoms with van der Waals surface area (Å²) in [7, 11) is 0. The number of benzene rings is 1. The minimum atomic E-state index is -0.0863. The third kappa shape index (κ3) is 4.20. The lowest BCUT2D eigenvalue weighted by molar-refractivity contribution is 0.0383. The average molecular weight is 265 g/mol. The van der Waals surface area contributed by atoms with Gasteiger partial charge in [-0.15, -0.1) is 0 Å². The molecule has 0 saturated carbocycles. The average Bonchev–Trinajstić information content (AvgIpc) is 2.48. The van der Waals surface area contributed by atoms with Crippen LogP contribution in [0.3, 0.4) is 0 Å². The Balaban J connectivity index is 1.73. The Morgan fingerprint density at radius 3 is 2.63 bits per heavy atom. The van der Waals surface area contributed by atoms with Gasteiger partial charge in [0, 0.05) is 31.7 Å². The number of nitrogens with zero attached hydrogens (tertiary/aromatic N) is 1. The normalized spacial score (nSPS) is 16.1.